The summed E-state index contributed by atoms with van der Waals surface area (Å²) in [5.74, 6) is 0.359. The smallest absolute Gasteiger partial charge is 0.434 e. The fourth-order valence-corrected chi connectivity index (χ4v) is 4.43. The molecule has 3 aromatic carbocycles. The van der Waals surface area contributed by atoms with E-state index in [0.29, 0.717) is 12.4 Å². The Bertz CT molecular complexity index is 1510. The highest BCUT2D eigenvalue weighted by Gasteiger charge is 2.31. The summed E-state index contributed by atoms with van der Waals surface area (Å²) < 4.78 is 11.5. The molecule has 0 radical (unpaired) electrons. The Labute approximate surface area is 203 Å². The average molecular weight is 464 g/mol. The number of H-pyrrole nitrogens is 1. The largest absolute Gasteiger partial charge is 0.487 e. The van der Waals surface area contributed by atoms with Crippen molar-refractivity contribution in [2.45, 2.75) is 33.3 Å². The molecule has 0 aliphatic carbocycles. The first-order valence-electron chi connectivity index (χ1n) is 11.4. The van der Waals surface area contributed by atoms with Crippen molar-refractivity contribution in [3.63, 3.8) is 0 Å². The van der Waals surface area contributed by atoms with Gasteiger partial charge < -0.3 is 9.15 Å². The van der Waals surface area contributed by atoms with Crippen molar-refractivity contribution in [3.05, 3.63) is 112 Å². The monoisotopic (exact) mass is 463 g/mol. The van der Waals surface area contributed by atoms with Gasteiger partial charge in [0.15, 0.2) is 0 Å². The molecular formula is C29H25N3O3. The van der Waals surface area contributed by atoms with E-state index < -0.39 is 5.76 Å². The first-order valence-corrected chi connectivity index (χ1v) is 11.4. The highest BCUT2D eigenvalue weighted by Crippen LogP contribution is 2.45. The SMILES string of the molecule is CC(C)(C)C(c1ccccc1)c1cc(OCc2ccc3c#cccc3n2)ccc1-c1n[nH]c(=O)o1. The molecule has 0 spiro atoms. The quantitative estimate of drug-likeness (QED) is 0.337. The first kappa shape index (κ1) is 22.4. The van der Waals surface area contributed by atoms with E-state index in [1.807, 2.05) is 54.6 Å². The molecule has 2 heterocycles. The fraction of sp³-hybridized carbons (Fsp3) is 0.207. The molecule has 1 N–H and O–H groups in total. The van der Waals surface area contributed by atoms with E-state index in [0.717, 1.165) is 33.3 Å². The third-order valence-corrected chi connectivity index (χ3v) is 5.90. The molecule has 1 unspecified atom stereocenters. The summed E-state index contributed by atoms with van der Waals surface area (Å²) in [6.45, 7) is 6.89. The standard InChI is InChI=1S/C29H25N3O3/c1-29(2,3)26(20-10-5-4-6-11-20)24-17-22(15-16-23(24)27-31-32-28(33)35-27)34-18-21-14-13-19-9-7-8-12-25(19)30-21/h4-6,8,10-17,26H,18H2,1-3H3,(H,32,33). The number of ether oxygens (including phenoxy) is 1. The van der Waals surface area contributed by atoms with Crippen molar-refractivity contribution in [2.24, 2.45) is 5.41 Å². The summed E-state index contributed by atoms with van der Waals surface area (Å²) in [5.41, 5.74) is 4.39. The molecule has 0 aliphatic rings. The summed E-state index contributed by atoms with van der Waals surface area (Å²) >= 11 is 0. The number of nitrogens with zero attached hydrogens (tertiary/aromatic N) is 2. The average Bonchev–Trinajstić information content (AvgIpc) is 3.28. The van der Waals surface area contributed by atoms with Gasteiger partial charge in [-0.25, -0.2) is 14.9 Å². The zero-order valence-electron chi connectivity index (χ0n) is 19.8. The Morgan fingerprint density at radius 3 is 2.63 bits per heavy atom. The number of pyridine rings is 1. The second kappa shape index (κ2) is 9.11. The summed E-state index contributed by atoms with van der Waals surface area (Å²) in [5, 5.41) is 7.38. The fourth-order valence-electron chi connectivity index (χ4n) is 4.43. The van der Waals surface area contributed by atoms with Crippen molar-refractivity contribution >= 4 is 10.9 Å². The van der Waals surface area contributed by atoms with Crippen LogP contribution in [0.5, 0.6) is 5.75 Å². The van der Waals surface area contributed by atoms with E-state index in [2.05, 4.69) is 60.2 Å². The normalized spacial score (nSPS) is 12.3. The third kappa shape index (κ3) is 4.80. The summed E-state index contributed by atoms with van der Waals surface area (Å²) in [7, 11) is 0. The minimum absolute atomic E-state index is 0.00478. The number of rotatable bonds is 6. The molecular weight excluding hydrogens is 438 g/mol. The molecule has 0 aliphatic heterocycles. The number of fused-ring (bicyclic) bond motifs is 1. The van der Waals surface area contributed by atoms with Crippen LogP contribution in [0.25, 0.3) is 22.4 Å². The van der Waals surface area contributed by atoms with Gasteiger partial charge in [0.1, 0.15) is 12.4 Å². The van der Waals surface area contributed by atoms with Crippen LogP contribution in [-0.4, -0.2) is 15.2 Å². The van der Waals surface area contributed by atoms with Crippen LogP contribution in [0.4, 0.5) is 0 Å². The Balaban J connectivity index is 1.54. The lowest BCUT2D eigenvalue weighted by Crippen LogP contribution is -2.20. The summed E-state index contributed by atoms with van der Waals surface area (Å²) in [6, 6.07) is 29.7. The lowest BCUT2D eigenvalue weighted by Gasteiger charge is -2.33. The van der Waals surface area contributed by atoms with Gasteiger partial charge in [0.25, 0.3) is 0 Å². The molecule has 1 atom stereocenters. The van der Waals surface area contributed by atoms with E-state index in [1.165, 1.54) is 0 Å². The van der Waals surface area contributed by atoms with Gasteiger partial charge in [0.05, 0.1) is 16.6 Å². The van der Waals surface area contributed by atoms with Gasteiger partial charge in [0, 0.05) is 11.5 Å². The molecule has 0 saturated heterocycles. The van der Waals surface area contributed by atoms with Crippen molar-refractivity contribution in [2.75, 3.05) is 0 Å². The second-order valence-electron chi connectivity index (χ2n) is 9.50. The van der Waals surface area contributed by atoms with Crippen molar-refractivity contribution in [1.82, 2.24) is 15.2 Å². The number of hydrogen-bond donors (Lipinski definition) is 1. The van der Waals surface area contributed by atoms with Crippen LogP contribution in [-0.2, 0) is 6.61 Å². The van der Waals surface area contributed by atoms with Gasteiger partial charge in [-0.2, -0.15) is 0 Å². The van der Waals surface area contributed by atoms with Crippen LogP contribution in [0.2, 0.25) is 0 Å². The molecule has 5 rings (SSSR count). The molecule has 5 aromatic rings. The maximum absolute atomic E-state index is 11.7. The summed E-state index contributed by atoms with van der Waals surface area (Å²) in [4.78, 5) is 16.4. The van der Waals surface area contributed by atoms with Crippen molar-refractivity contribution in [3.8, 4) is 17.2 Å². The van der Waals surface area contributed by atoms with Crippen LogP contribution in [0.3, 0.4) is 0 Å². The molecule has 6 nitrogen and oxygen atoms in total. The number of nitrogens with one attached hydrogen (secondary N) is 1. The van der Waals surface area contributed by atoms with Crippen LogP contribution >= 0.6 is 0 Å². The third-order valence-electron chi connectivity index (χ3n) is 5.90. The van der Waals surface area contributed by atoms with Gasteiger partial charge >= 0.3 is 5.76 Å². The Kier molecular flexibility index (Phi) is 5.84. The van der Waals surface area contributed by atoms with E-state index in [4.69, 9.17) is 9.15 Å². The Morgan fingerprint density at radius 1 is 1.06 bits per heavy atom. The van der Waals surface area contributed by atoms with Crippen LogP contribution in [0.1, 0.15) is 43.5 Å². The molecule has 35 heavy (non-hydrogen) atoms. The topological polar surface area (TPSA) is 81.0 Å². The molecule has 0 amide bonds. The molecule has 174 valence electrons. The number of aromatic amines is 1. The van der Waals surface area contributed by atoms with Gasteiger partial charge in [0.2, 0.25) is 5.89 Å². The molecule has 6 heteroatoms. The zero-order chi connectivity index (χ0) is 24.4. The lowest BCUT2D eigenvalue weighted by molar-refractivity contribution is 0.300. The molecule has 0 bridgehead atoms. The Hall–Kier alpha value is -4.37. The summed E-state index contributed by atoms with van der Waals surface area (Å²) in [6.07, 6.45) is 0. The van der Waals surface area contributed by atoms with Gasteiger partial charge in [-0.1, -0.05) is 63.2 Å². The minimum atomic E-state index is -0.587. The number of hydrogen-bond acceptors (Lipinski definition) is 5. The highest BCUT2D eigenvalue weighted by atomic mass is 16.5. The van der Waals surface area contributed by atoms with E-state index in [-0.39, 0.29) is 17.2 Å². The zero-order valence-corrected chi connectivity index (χ0v) is 19.8. The minimum Gasteiger partial charge on any atom is -0.487 e. The van der Waals surface area contributed by atoms with Crippen molar-refractivity contribution < 1.29 is 9.15 Å². The number of aromatic nitrogens is 3. The van der Waals surface area contributed by atoms with Crippen LogP contribution < -0.4 is 10.5 Å². The van der Waals surface area contributed by atoms with Gasteiger partial charge in [-0.15, -0.1) is 5.10 Å². The lowest BCUT2D eigenvalue weighted by atomic mass is 9.71. The predicted molar refractivity (Wildman–Crippen MR) is 134 cm³/mol. The molecule has 2 aromatic heterocycles. The highest BCUT2D eigenvalue weighted by molar-refractivity contribution is 5.76. The number of benzene rings is 2. The molecule has 0 saturated carbocycles. The first-order chi connectivity index (χ1) is 16.9. The maximum atomic E-state index is 11.7. The van der Waals surface area contributed by atoms with E-state index in [9.17, 15) is 4.79 Å². The predicted octanol–water partition coefficient (Wildman–Crippen LogP) is 5.94. The Morgan fingerprint density at radius 2 is 1.89 bits per heavy atom. The van der Waals surface area contributed by atoms with Gasteiger partial charge in [-0.3, -0.25) is 0 Å². The van der Waals surface area contributed by atoms with E-state index >= 15 is 0 Å². The van der Waals surface area contributed by atoms with E-state index in [1.54, 1.807) is 6.07 Å². The van der Waals surface area contributed by atoms with Crippen molar-refractivity contribution in [1.29, 1.82) is 0 Å². The molecule has 0 fully saturated rings. The maximum Gasteiger partial charge on any atom is 0.434 e. The second-order valence-corrected chi connectivity index (χ2v) is 9.50. The van der Waals surface area contributed by atoms with Crippen LogP contribution in [0.15, 0.2) is 82.0 Å². The van der Waals surface area contributed by atoms with Gasteiger partial charge in [-0.05, 0) is 59.0 Å². The van der Waals surface area contributed by atoms with Crippen LogP contribution in [0, 0.1) is 17.5 Å².